The average molecular weight is 277 g/mol. The lowest BCUT2D eigenvalue weighted by Gasteiger charge is -2.23. The van der Waals surface area contributed by atoms with Crippen molar-refractivity contribution >= 4 is 5.91 Å². The van der Waals surface area contributed by atoms with Crippen molar-refractivity contribution in [2.75, 3.05) is 19.7 Å². The topological polar surface area (TPSA) is 65.5 Å². The number of likely N-dealkylation sites (tertiary alicyclic amines) is 1. The summed E-state index contributed by atoms with van der Waals surface area (Å²) in [5.74, 6) is 0.0600. The Morgan fingerprint density at radius 2 is 2.45 bits per heavy atom. The van der Waals surface area contributed by atoms with Crippen molar-refractivity contribution in [3.8, 4) is 0 Å². The SMILES string of the molecule is O=C(CN1CCC[C@H]1CCCO)NCc1cccnc1. The molecule has 0 bridgehead atoms. The van der Waals surface area contributed by atoms with E-state index in [1.807, 2.05) is 12.1 Å². The fraction of sp³-hybridized carbons (Fsp3) is 0.600. The fourth-order valence-electron chi connectivity index (χ4n) is 2.70. The molecule has 1 saturated heterocycles. The molecule has 0 spiro atoms. The summed E-state index contributed by atoms with van der Waals surface area (Å²) in [5.41, 5.74) is 1.01. The number of nitrogens with one attached hydrogen (secondary N) is 1. The van der Waals surface area contributed by atoms with Crippen LogP contribution in [0.15, 0.2) is 24.5 Å². The summed E-state index contributed by atoms with van der Waals surface area (Å²) in [6.45, 7) is 2.20. The lowest BCUT2D eigenvalue weighted by Crippen LogP contribution is -2.39. The molecule has 1 aromatic heterocycles. The molecule has 1 aliphatic rings. The predicted octanol–water partition coefficient (Wildman–Crippen LogP) is 0.935. The van der Waals surface area contributed by atoms with Crippen LogP contribution in [0.3, 0.4) is 0 Å². The van der Waals surface area contributed by atoms with Crippen molar-refractivity contribution in [2.24, 2.45) is 0 Å². The van der Waals surface area contributed by atoms with Crippen molar-refractivity contribution in [3.05, 3.63) is 30.1 Å². The van der Waals surface area contributed by atoms with E-state index in [1.165, 1.54) is 0 Å². The van der Waals surface area contributed by atoms with E-state index >= 15 is 0 Å². The normalized spacial score (nSPS) is 19.1. The van der Waals surface area contributed by atoms with Crippen LogP contribution in [-0.2, 0) is 11.3 Å². The molecule has 0 saturated carbocycles. The van der Waals surface area contributed by atoms with Crippen molar-refractivity contribution < 1.29 is 9.90 Å². The molecule has 110 valence electrons. The van der Waals surface area contributed by atoms with Crippen LogP contribution in [0.5, 0.6) is 0 Å². The molecule has 2 heterocycles. The first kappa shape index (κ1) is 14.9. The lowest BCUT2D eigenvalue weighted by atomic mass is 10.1. The van der Waals surface area contributed by atoms with Gasteiger partial charge < -0.3 is 10.4 Å². The van der Waals surface area contributed by atoms with Crippen molar-refractivity contribution in [1.29, 1.82) is 0 Å². The Kier molecular flexibility index (Phi) is 5.95. The van der Waals surface area contributed by atoms with E-state index in [1.54, 1.807) is 12.4 Å². The maximum absolute atomic E-state index is 12.0. The van der Waals surface area contributed by atoms with Crippen LogP contribution in [0.25, 0.3) is 0 Å². The van der Waals surface area contributed by atoms with Gasteiger partial charge in [-0.3, -0.25) is 14.7 Å². The van der Waals surface area contributed by atoms with Gasteiger partial charge in [0.1, 0.15) is 0 Å². The maximum Gasteiger partial charge on any atom is 0.234 e. The van der Waals surface area contributed by atoms with E-state index in [0.717, 1.165) is 37.8 Å². The number of hydrogen-bond acceptors (Lipinski definition) is 4. The molecule has 1 fully saturated rings. The van der Waals surface area contributed by atoms with Gasteiger partial charge in [0, 0.05) is 31.6 Å². The third kappa shape index (κ3) is 4.58. The largest absolute Gasteiger partial charge is 0.396 e. The van der Waals surface area contributed by atoms with E-state index in [2.05, 4.69) is 15.2 Å². The smallest absolute Gasteiger partial charge is 0.234 e. The first-order valence-corrected chi connectivity index (χ1v) is 7.30. The van der Waals surface area contributed by atoms with Crippen molar-refractivity contribution in [3.63, 3.8) is 0 Å². The number of pyridine rings is 1. The summed E-state index contributed by atoms with van der Waals surface area (Å²) < 4.78 is 0. The zero-order valence-electron chi connectivity index (χ0n) is 11.8. The average Bonchev–Trinajstić information content (AvgIpc) is 2.91. The van der Waals surface area contributed by atoms with E-state index in [-0.39, 0.29) is 12.5 Å². The molecular weight excluding hydrogens is 254 g/mol. The first-order valence-electron chi connectivity index (χ1n) is 7.30. The van der Waals surface area contributed by atoms with Gasteiger partial charge in [0.25, 0.3) is 0 Å². The van der Waals surface area contributed by atoms with Crippen LogP contribution in [0.4, 0.5) is 0 Å². The van der Waals surface area contributed by atoms with Crippen LogP contribution in [0, 0.1) is 0 Å². The zero-order chi connectivity index (χ0) is 14.2. The minimum absolute atomic E-state index is 0.0600. The Hall–Kier alpha value is -1.46. The summed E-state index contributed by atoms with van der Waals surface area (Å²) in [5, 5.41) is 11.8. The molecular formula is C15H23N3O2. The number of rotatable bonds is 7. The minimum atomic E-state index is 0.0600. The first-order chi connectivity index (χ1) is 9.79. The number of carbonyl (C=O) groups is 1. The summed E-state index contributed by atoms with van der Waals surface area (Å²) >= 11 is 0. The molecule has 0 aliphatic carbocycles. The lowest BCUT2D eigenvalue weighted by molar-refractivity contribution is -0.122. The third-order valence-electron chi connectivity index (χ3n) is 3.75. The summed E-state index contributed by atoms with van der Waals surface area (Å²) in [6.07, 6.45) is 7.56. The summed E-state index contributed by atoms with van der Waals surface area (Å²) in [4.78, 5) is 18.2. The Morgan fingerprint density at radius 3 is 3.20 bits per heavy atom. The molecule has 1 aromatic rings. The zero-order valence-corrected chi connectivity index (χ0v) is 11.8. The fourth-order valence-corrected chi connectivity index (χ4v) is 2.70. The molecule has 20 heavy (non-hydrogen) atoms. The van der Waals surface area contributed by atoms with Crippen LogP contribution >= 0.6 is 0 Å². The number of aliphatic hydroxyl groups excluding tert-OH is 1. The molecule has 1 amide bonds. The highest BCUT2D eigenvalue weighted by molar-refractivity contribution is 5.78. The number of amides is 1. The van der Waals surface area contributed by atoms with E-state index in [4.69, 9.17) is 5.11 Å². The van der Waals surface area contributed by atoms with E-state index in [9.17, 15) is 4.79 Å². The van der Waals surface area contributed by atoms with Crippen LogP contribution in [-0.4, -0.2) is 46.6 Å². The number of aliphatic hydroxyl groups is 1. The van der Waals surface area contributed by atoms with Gasteiger partial charge in [0.2, 0.25) is 5.91 Å². The monoisotopic (exact) mass is 277 g/mol. The minimum Gasteiger partial charge on any atom is -0.396 e. The van der Waals surface area contributed by atoms with E-state index in [0.29, 0.717) is 19.1 Å². The van der Waals surface area contributed by atoms with Crippen molar-refractivity contribution in [2.45, 2.75) is 38.3 Å². The van der Waals surface area contributed by atoms with Gasteiger partial charge in [-0.2, -0.15) is 0 Å². The highest BCUT2D eigenvalue weighted by Gasteiger charge is 2.25. The number of hydrogen-bond donors (Lipinski definition) is 2. The molecule has 0 aromatic carbocycles. The van der Waals surface area contributed by atoms with Crippen LogP contribution in [0.1, 0.15) is 31.2 Å². The number of carbonyl (C=O) groups excluding carboxylic acids is 1. The maximum atomic E-state index is 12.0. The Balaban J connectivity index is 1.73. The Labute approximate surface area is 120 Å². The van der Waals surface area contributed by atoms with Gasteiger partial charge in [-0.15, -0.1) is 0 Å². The Bertz CT molecular complexity index is 411. The highest BCUT2D eigenvalue weighted by atomic mass is 16.3. The molecule has 0 unspecified atom stereocenters. The van der Waals surface area contributed by atoms with Crippen LogP contribution < -0.4 is 5.32 Å². The number of aromatic nitrogens is 1. The van der Waals surface area contributed by atoms with Gasteiger partial charge in [0.15, 0.2) is 0 Å². The second kappa shape index (κ2) is 7.97. The predicted molar refractivity (Wildman–Crippen MR) is 77.0 cm³/mol. The molecule has 1 atom stereocenters. The van der Waals surface area contributed by atoms with E-state index < -0.39 is 0 Å². The second-order valence-electron chi connectivity index (χ2n) is 5.27. The van der Waals surface area contributed by atoms with Crippen LogP contribution in [0.2, 0.25) is 0 Å². The standard InChI is InChI=1S/C15H23N3O2/c19-9-3-6-14-5-2-8-18(14)12-15(20)17-11-13-4-1-7-16-10-13/h1,4,7,10,14,19H,2-3,5-6,8-9,11-12H2,(H,17,20)/t14-/m0/s1. The van der Waals surface area contributed by atoms with Gasteiger partial charge >= 0.3 is 0 Å². The third-order valence-corrected chi connectivity index (χ3v) is 3.75. The molecule has 5 nitrogen and oxygen atoms in total. The number of nitrogens with zero attached hydrogens (tertiary/aromatic N) is 2. The van der Waals surface area contributed by atoms with Gasteiger partial charge in [-0.05, 0) is 43.9 Å². The quantitative estimate of drug-likeness (QED) is 0.778. The van der Waals surface area contributed by atoms with Gasteiger partial charge in [-0.25, -0.2) is 0 Å². The van der Waals surface area contributed by atoms with Crippen molar-refractivity contribution in [1.82, 2.24) is 15.2 Å². The molecule has 2 N–H and O–H groups in total. The molecule has 5 heteroatoms. The second-order valence-corrected chi connectivity index (χ2v) is 5.27. The molecule has 0 radical (unpaired) electrons. The van der Waals surface area contributed by atoms with Gasteiger partial charge in [-0.1, -0.05) is 6.07 Å². The summed E-state index contributed by atoms with van der Waals surface area (Å²) in [7, 11) is 0. The summed E-state index contributed by atoms with van der Waals surface area (Å²) in [6, 6.07) is 4.27. The highest BCUT2D eigenvalue weighted by Crippen LogP contribution is 2.20. The molecule has 1 aliphatic heterocycles. The van der Waals surface area contributed by atoms with Gasteiger partial charge in [0.05, 0.1) is 6.54 Å². The molecule has 2 rings (SSSR count). The Morgan fingerprint density at radius 1 is 1.55 bits per heavy atom.